The molecule has 7 heteroatoms. The summed E-state index contributed by atoms with van der Waals surface area (Å²) in [5, 5.41) is 2.38. The molecule has 0 spiro atoms. The van der Waals surface area contributed by atoms with E-state index in [-0.39, 0.29) is 29.0 Å². The number of pyridine rings is 1. The summed E-state index contributed by atoms with van der Waals surface area (Å²) >= 11 is 1.49. The van der Waals surface area contributed by atoms with E-state index >= 15 is 0 Å². The number of rotatable bonds is 5. The molecule has 0 bridgehead atoms. The van der Waals surface area contributed by atoms with E-state index in [2.05, 4.69) is 10.3 Å². The quantitative estimate of drug-likeness (QED) is 0.906. The molecular weight excluding hydrogens is 314 g/mol. The molecule has 2 unspecified atom stereocenters. The van der Waals surface area contributed by atoms with Crippen molar-refractivity contribution in [1.29, 1.82) is 0 Å². The standard InChI is InChI=1S/C16H17N3O3S/c1-11-15(21)19(16(23-11)13-5-3-7-22-13)10-14(20)18-9-12-4-2-6-17-8-12/h2-8,11,16H,9-10H2,1H3,(H,18,20). The second kappa shape index (κ2) is 6.87. The molecule has 0 saturated carbocycles. The lowest BCUT2D eigenvalue weighted by atomic mass is 10.3. The second-order valence-electron chi connectivity index (χ2n) is 5.25. The molecule has 2 atom stereocenters. The molecule has 0 aliphatic carbocycles. The minimum atomic E-state index is -0.253. The SMILES string of the molecule is CC1SC(c2ccco2)N(CC(=O)NCc2cccnc2)C1=O. The zero-order valence-corrected chi connectivity index (χ0v) is 13.5. The van der Waals surface area contributed by atoms with Crippen molar-refractivity contribution >= 4 is 23.6 Å². The Morgan fingerprint density at radius 2 is 2.30 bits per heavy atom. The topological polar surface area (TPSA) is 75.4 Å². The summed E-state index contributed by atoms with van der Waals surface area (Å²) in [6.07, 6.45) is 4.95. The first kappa shape index (κ1) is 15.6. The van der Waals surface area contributed by atoms with E-state index < -0.39 is 0 Å². The summed E-state index contributed by atoms with van der Waals surface area (Å²) in [7, 11) is 0. The Morgan fingerprint density at radius 1 is 1.43 bits per heavy atom. The molecule has 1 saturated heterocycles. The number of furan rings is 1. The van der Waals surface area contributed by atoms with Crippen molar-refractivity contribution in [2.45, 2.75) is 24.1 Å². The maximum absolute atomic E-state index is 12.3. The van der Waals surface area contributed by atoms with Crippen LogP contribution >= 0.6 is 11.8 Å². The van der Waals surface area contributed by atoms with Crippen molar-refractivity contribution in [3.63, 3.8) is 0 Å². The van der Waals surface area contributed by atoms with Crippen LogP contribution in [0.4, 0.5) is 0 Å². The Morgan fingerprint density at radius 3 is 3.00 bits per heavy atom. The second-order valence-corrected chi connectivity index (χ2v) is 6.68. The third-order valence-electron chi connectivity index (χ3n) is 3.56. The zero-order valence-electron chi connectivity index (χ0n) is 12.6. The summed E-state index contributed by atoms with van der Waals surface area (Å²) in [5.41, 5.74) is 0.916. The van der Waals surface area contributed by atoms with Crippen molar-refractivity contribution in [2.75, 3.05) is 6.54 Å². The van der Waals surface area contributed by atoms with Crippen LogP contribution in [0.1, 0.15) is 23.6 Å². The van der Waals surface area contributed by atoms with Gasteiger partial charge in [-0.25, -0.2) is 0 Å². The Labute approximate surface area is 138 Å². The van der Waals surface area contributed by atoms with Crippen LogP contribution in [0.25, 0.3) is 0 Å². The number of hydrogen-bond donors (Lipinski definition) is 1. The molecule has 1 fully saturated rings. The van der Waals surface area contributed by atoms with E-state index in [1.807, 2.05) is 25.1 Å². The van der Waals surface area contributed by atoms with E-state index in [9.17, 15) is 9.59 Å². The summed E-state index contributed by atoms with van der Waals surface area (Å²) in [6.45, 7) is 2.25. The van der Waals surface area contributed by atoms with Gasteiger partial charge in [0, 0.05) is 18.9 Å². The summed E-state index contributed by atoms with van der Waals surface area (Å²) in [4.78, 5) is 30.0. The van der Waals surface area contributed by atoms with Crippen LogP contribution in [0.3, 0.4) is 0 Å². The number of carbonyl (C=O) groups excluding carboxylic acids is 2. The first-order chi connectivity index (χ1) is 11.1. The molecule has 23 heavy (non-hydrogen) atoms. The van der Waals surface area contributed by atoms with Gasteiger partial charge in [0.25, 0.3) is 0 Å². The van der Waals surface area contributed by atoms with Crippen LogP contribution in [0, 0.1) is 0 Å². The molecule has 1 aliphatic rings. The van der Waals surface area contributed by atoms with Gasteiger partial charge in [-0.05, 0) is 30.7 Å². The Kier molecular flexibility index (Phi) is 4.66. The van der Waals surface area contributed by atoms with Gasteiger partial charge in [-0.15, -0.1) is 11.8 Å². The molecule has 6 nitrogen and oxygen atoms in total. The first-order valence-corrected chi connectivity index (χ1v) is 8.24. The van der Waals surface area contributed by atoms with Crippen LogP contribution < -0.4 is 5.32 Å². The highest BCUT2D eigenvalue weighted by molar-refractivity contribution is 8.01. The van der Waals surface area contributed by atoms with Gasteiger partial charge < -0.3 is 14.6 Å². The van der Waals surface area contributed by atoms with Crippen molar-refractivity contribution in [3.8, 4) is 0 Å². The number of carbonyl (C=O) groups is 2. The zero-order chi connectivity index (χ0) is 16.2. The van der Waals surface area contributed by atoms with E-state index in [1.165, 1.54) is 11.8 Å². The number of thioether (sulfide) groups is 1. The van der Waals surface area contributed by atoms with Gasteiger partial charge in [0.05, 0.1) is 11.5 Å². The van der Waals surface area contributed by atoms with Crippen LogP contribution in [0.5, 0.6) is 0 Å². The Bertz CT molecular complexity index is 675. The summed E-state index contributed by atoms with van der Waals surface area (Å²) in [5.74, 6) is 0.439. The first-order valence-electron chi connectivity index (χ1n) is 7.30. The highest BCUT2D eigenvalue weighted by atomic mass is 32.2. The molecular formula is C16H17N3O3S. The number of nitrogens with zero attached hydrogens (tertiary/aromatic N) is 2. The predicted molar refractivity (Wildman–Crippen MR) is 86.3 cm³/mol. The van der Waals surface area contributed by atoms with Crippen molar-refractivity contribution in [1.82, 2.24) is 15.2 Å². The number of nitrogens with one attached hydrogen (secondary N) is 1. The molecule has 0 radical (unpaired) electrons. The maximum Gasteiger partial charge on any atom is 0.239 e. The average molecular weight is 331 g/mol. The average Bonchev–Trinajstić information content (AvgIpc) is 3.18. The minimum absolute atomic E-state index is 0.0157. The van der Waals surface area contributed by atoms with E-state index in [0.29, 0.717) is 12.3 Å². The van der Waals surface area contributed by atoms with Gasteiger partial charge in [-0.1, -0.05) is 6.07 Å². The summed E-state index contributed by atoms with van der Waals surface area (Å²) < 4.78 is 5.40. The maximum atomic E-state index is 12.3. The van der Waals surface area contributed by atoms with Crippen LogP contribution in [0.2, 0.25) is 0 Å². The largest absolute Gasteiger partial charge is 0.466 e. The van der Waals surface area contributed by atoms with Crippen molar-refractivity contribution in [2.24, 2.45) is 0 Å². The van der Waals surface area contributed by atoms with E-state index in [1.54, 1.807) is 29.6 Å². The Hall–Kier alpha value is -2.28. The van der Waals surface area contributed by atoms with Crippen LogP contribution in [0.15, 0.2) is 47.3 Å². The fourth-order valence-electron chi connectivity index (χ4n) is 2.40. The molecule has 0 aromatic carbocycles. The van der Waals surface area contributed by atoms with Gasteiger partial charge >= 0.3 is 0 Å². The number of aromatic nitrogens is 1. The molecule has 2 aromatic rings. The molecule has 1 N–H and O–H groups in total. The lowest BCUT2D eigenvalue weighted by Gasteiger charge is -2.21. The van der Waals surface area contributed by atoms with Gasteiger partial charge in [0.2, 0.25) is 11.8 Å². The molecule has 1 aliphatic heterocycles. The minimum Gasteiger partial charge on any atom is -0.466 e. The smallest absolute Gasteiger partial charge is 0.239 e. The fourth-order valence-corrected chi connectivity index (χ4v) is 3.63. The molecule has 3 rings (SSSR count). The van der Waals surface area contributed by atoms with Crippen molar-refractivity contribution < 1.29 is 14.0 Å². The highest BCUT2D eigenvalue weighted by Crippen LogP contribution is 2.42. The lowest BCUT2D eigenvalue weighted by Crippen LogP contribution is -2.39. The number of hydrogen-bond acceptors (Lipinski definition) is 5. The van der Waals surface area contributed by atoms with Gasteiger partial charge in [-0.3, -0.25) is 14.6 Å². The van der Waals surface area contributed by atoms with Gasteiger partial charge in [-0.2, -0.15) is 0 Å². The van der Waals surface area contributed by atoms with E-state index in [0.717, 1.165) is 5.56 Å². The van der Waals surface area contributed by atoms with Crippen LogP contribution in [-0.2, 0) is 16.1 Å². The molecule has 2 amide bonds. The lowest BCUT2D eigenvalue weighted by molar-refractivity contribution is -0.135. The van der Waals surface area contributed by atoms with Crippen molar-refractivity contribution in [3.05, 3.63) is 54.2 Å². The molecule has 3 heterocycles. The molecule has 2 aromatic heterocycles. The predicted octanol–water partition coefficient (Wildman–Crippen LogP) is 1.95. The third-order valence-corrected chi connectivity index (χ3v) is 4.91. The summed E-state index contributed by atoms with van der Waals surface area (Å²) in [6, 6.07) is 7.31. The normalized spacial score (nSPS) is 20.7. The monoisotopic (exact) mass is 331 g/mol. The van der Waals surface area contributed by atoms with Crippen LogP contribution in [-0.4, -0.2) is 33.5 Å². The van der Waals surface area contributed by atoms with Gasteiger partial charge in [0.1, 0.15) is 17.7 Å². The van der Waals surface area contributed by atoms with Gasteiger partial charge in [0.15, 0.2) is 0 Å². The number of amides is 2. The molecule has 120 valence electrons. The third kappa shape index (κ3) is 3.56. The fraction of sp³-hybridized carbons (Fsp3) is 0.312. The Balaban J connectivity index is 1.62. The van der Waals surface area contributed by atoms with E-state index in [4.69, 9.17) is 4.42 Å². The highest BCUT2D eigenvalue weighted by Gasteiger charge is 2.40.